The van der Waals surface area contributed by atoms with Gasteiger partial charge in [-0.25, -0.2) is 9.99 Å². The fourth-order valence-corrected chi connectivity index (χ4v) is 1.32. The number of anilines is 2. The lowest BCUT2D eigenvalue weighted by Crippen LogP contribution is -2.13. The Morgan fingerprint density at radius 3 is 3.00 bits per heavy atom. The average molecular weight is 241 g/mol. The van der Waals surface area contributed by atoms with Crippen molar-refractivity contribution in [3.8, 4) is 0 Å². The van der Waals surface area contributed by atoms with Gasteiger partial charge in [-0.05, 0) is 13.0 Å². The van der Waals surface area contributed by atoms with Crippen LogP contribution in [0.1, 0.15) is 5.69 Å². The topological polar surface area (TPSA) is 57.6 Å². The number of pyridine rings is 1. The number of nitroso groups, excluding NO2 is 1. The molecule has 0 aliphatic carbocycles. The first-order valence-electron chi connectivity index (χ1n) is 4.69. The summed E-state index contributed by atoms with van der Waals surface area (Å²) in [6, 6.07) is 1.71. The number of nitrogens with zero attached hydrogens (tertiary/aromatic N) is 3. The van der Waals surface area contributed by atoms with E-state index in [1.807, 2.05) is 0 Å². The van der Waals surface area contributed by atoms with Crippen molar-refractivity contribution < 1.29 is 0 Å². The first-order chi connectivity index (χ1) is 7.60. The van der Waals surface area contributed by atoms with E-state index < -0.39 is 0 Å². The Balaban J connectivity index is 3.15. The summed E-state index contributed by atoms with van der Waals surface area (Å²) in [5.74, 6) is 0.443. The van der Waals surface area contributed by atoms with Crippen LogP contribution >= 0.6 is 11.6 Å². The van der Waals surface area contributed by atoms with Crippen molar-refractivity contribution in [2.45, 2.75) is 6.92 Å². The largest absolute Gasteiger partial charge is 0.378 e. The molecule has 1 aromatic heterocycles. The van der Waals surface area contributed by atoms with Crippen LogP contribution in [0.15, 0.2) is 24.0 Å². The van der Waals surface area contributed by atoms with Gasteiger partial charge in [0, 0.05) is 13.6 Å². The molecule has 0 radical (unpaired) electrons. The average Bonchev–Trinajstić information content (AvgIpc) is 2.29. The van der Waals surface area contributed by atoms with E-state index in [1.165, 1.54) is 7.05 Å². The van der Waals surface area contributed by atoms with Crippen LogP contribution in [-0.4, -0.2) is 18.6 Å². The molecule has 0 saturated carbocycles. The predicted octanol–water partition coefficient (Wildman–Crippen LogP) is 2.76. The summed E-state index contributed by atoms with van der Waals surface area (Å²) >= 11 is 5.96. The highest BCUT2D eigenvalue weighted by atomic mass is 35.5. The predicted molar refractivity (Wildman–Crippen MR) is 66.9 cm³/mol. The molecule has 86 valence electrons. The van der Waals surface area contributed by atoms with Crippen molar-refractivity contribution in [1.29, 1.82) is 0 Å². The highest BCUT2D eigenvalue weighted by Crippen LogP contribution is 2.28. The molecular formula is C10H13ClN4O. The van der Waals surface area contributed by atoms with Crippen LogP contribution in [0.2, 0.25) is 5.02 Å². The highest BCUT2D eigenvalue weighted by molar-refractivity contribution is 6.31. The Morgan fingerprint density at radius 2 is 2.44 bits per heavy atom. The Bertz CT molecular complexity index is 408. The Morgan fingerprint density at radius 1 is 1.75 bits per heavy atom. The van der Waals surface area contributed by atoms with E-state index in [0.717, 1.165) is 5.01 Å². The maximum atomic E-state index is 10.5. The van der Waals surface area contributed by atoms with E-state index in [1.54, 1.807) is 19.1 Å². The summed E-state index contributed by atoms with van der Waals surface area (Å²) < 4.78 is 0. The van der Waals surface area contributed by atoms with Gasteiger partial charge in [-0.1, -0.05) is 17.7 Å². The number of hydrogen-bond donors (Lipinski definition) is 1. The summed E-state index contributed by atoms with van der Waals surface area (Å²) in [7, 11) is 1.53. The van der Waals surface area contributed by atoms with Crippen molar-refractivity contribution in [3.63, 3.8) is 0 Å². The second-order valence-electron chi connectivity index (χ2n) is 3.20. The van der Waals surface area contributed by atoms with Crippen LogP contribution in [-0.2, 0) is 0 Å². The van der Waals surface area contributed by atoms with Gasteiger partial charge in [-0.3, -0.25) is 0 Å². The van der Waals surface area contributed by atoms with Gasteiger partial charge in [0.15, 0.2) is 5.82 Å². The molecule has 6 heteroatoms. The molecule has 0 aromatic carbocycles. The molecule has 0 aliphatic rings. The molecule has 1 rings (SSSR count). The Hall–Kier alpha value is -1.62. The number of rotatable bonds is 5. The molecule has 1 aromatic rings. The Kier molecular flexibility index (Phi) is 4.25. The second-order valence-corrected chi connectivity index (χ2v) is 3.61. The Labute approximate surface area is 99.1 Å². The zero-order valence-corrected chi connectivity index (χ0v) is 9.95. The SMILES string of the molecule is C=CCNc1cc(Cl)c(C)nc1N(C)N=O. The molecule has 0 aliphatic heterocycles. The summed E-state index contributed by atoms with van der Waals surface area (Å²) in [5, 5.41) is 7.54. The van der Waals surface area contributed by atoms with Gasteiger partial charge in [-0.2, -0.15) is 0 Å². The normalized spacial score (nSPS) is 9.69. The molecule has 0 atom stereocenters. The fourth-order valence-electron chi connectivity index (χ4n) is 1.17. The molecule has 1 heterocycles. The van der Waals surface area contributed by atoms with E-state index >= 15 is 0 Å². The third kappa shape index (κ3) is 2.70. The van der Waals surface area contributed by atoms with Crippen LogP contribution < -0.4 is 10.3 Å². The molecule has 0 fully saturated rings. The first kappa shape index (κ1) is 12.4. The first-order valence-corrected chi connectivity index (χ1v) is 5.06. The number of hydrogen-bond acceptors (Lipinski definition) is 4. The van der Waals surface area contributed by atoms with Gasteiger partial charge < -0.3 is 5.32 Å². The van der Waals surface area contributed by atoms with E-state index in [4.69, 9.17) is 11.6 Å². The van der Waals surface area contributed by atoms with Crippen molar-refractivity contribution >= 4 is 23.1 Å². The lowest BCUT2D eigenvalue weighted by atomic mass is 10.3. The number of nitrogens with one attached hydrogen (secondary N) is 1. The van der Waals surface area contributed by atoms with Crippen molar-refractivity contribution in [3.05, 3.63) is 34.3 Å². The summed E-state index contributed by atoms with van der Waals surface area (Å²) in [6.07, 6.45) is 1.70. The van der Waals surface area contributed by atoms with Gasteiger partial charge >= 0.3 is 0 Å². The summed E-state index contributed by atoms with van der Waals surface area (Å²) in [4.78, 5) is 14.7. The van der Waals surface area contributed by atoms with Crippen molar-refractivity contribution in [2.24, 2.45) is 5.29 Å². The maximum absolute atomic E-state index is 10.5. The third-order valence-electron chi connectivity index (χ3n) is 2.00. The quantitative estimate of drug-likeness (QED) is 0.489. The minimum Gasteiger partial charge on any atom is -0.378 e. The molecule has 0 unspecified atom stereocenters. The zero-order valence-electron chi connectivity index (χ0n) is 9.20. The smallest absolute Gasteiger partial charge is 0.175 e. The monoisotopic (exact) mass is 240 g/mol. The minimum atomic E-state index is 0.443. The number of aromatic nitrogens is 1. The van der Waals surface area contributed by atoms with Gasteiger partial charge in [0.25, 0.3) is 0 Å². The van der Waals surface area contributed by atoms with Crippen LogP contribution in [0, 0.1) is 11.8 Å². The molecule has 5 nitrogen and oxygen atoms in total. The second kappa shape index (κ2) is 5.46. The molecule has 16 heavy (non-hydrogen) atoms. The minimum absolute atomic E-state index is 0.443. The van der Waals surface area contributed by atoms with E-state index in [9.17, 15) is 4.91 Å². The fraction of sp³-hybridized carbons (Fsp3) is 0.300. The molecule has 0 saturated heterocycles. The highest BCUT2D eigenvalue weighted by Gasteiger charge is 2.12. The van der Waals surface area contributed by atoms with Gasteiger partial charge in [0.1, 0.15) is 0 Å². The van der Waals surface area contributed by atoms with E-state index in [0.29, 0.717) is 28.8 Å². The van der Waals surface area contributed by atoms with Crippen LogP contribution in [0.5, 0.6) is 0 Å². The summed E-state index contributed by atoms with van der Waals surface area (Å²) in [6.45, 7) is 5.92. The standard InChI is InChI=1S/C10H13ClN4O/c1-4-5-12-9-6-8(11)7(2)13-10(9)15(3)14-16/h4,6,12H,1,5H2,2-3H3. The van der Waals surface area contributed by atoms with Gasteiger partial charge in [0.2, 0.25) is 0 Å². The van der Waals surface area contributed by atoms with Crippen molar-refractivity contribution in [2.75, 3.05) is 23.9 Å². The zero-order chi connectivity index (χ0) is 12.1. The van der Waals surface area contributed by atoms with E-state index in [2.05, 4.69) is 22.2 Å². The van der Waals surface area contributed by atoms with Crippen molar-refractivity contribution in [1.82, 2.24) is 4.98 Å². The lowest BCUT2D eigenvalue weighted by molar-refractivity contribution is 0.956. The number of aryl methyl sites for hydroxylation is 1. The third-order valence-corrected chi connectivity index (χ3v) is 2.38. The van der Waals surface area contributed by atoms with Gasteiger partial charge in [0.05, 0.1) is 21.7 Å². The summed E-state index contributed by atoms with van der Waals surface area (Å²) in [5.41, 5.74) is 1.30. The van der Waals surface area contributed by atoms with E-state index in [-0.39, 0.29) is 0 Å². The molecule has 0 bridgehead atoms. The molecular weight excluding hydrogens is 228 g/mol. The molecule has 0 spiro atoms. The molecule has 1 N–H and O–H groups in total. The number of halogens is 1. The molecule has 0 amide bonds. The van der Waals surface area contributed by atoms with Crippen LogP contribution in [0.25, 0.3) is 0 Å². The lowest BCUT2D eigenvalue weighted by Gasteiger charge is -2.15. The maximum Gasteiger partial charge on any atom is 0.175 e. The van der Waals surface area contributed by atoms with Crippen LogP contribution in [0.3, 0.4) is 0 Å². The van der Waals surface area contributed by atoms with Crippen LogP contribution in [0.4, 0.5) is 11.5 Å². The van der Waals surface area contributed by atoms with Gasteiger partial charge in [-0.15, -0.1) is 11.5 Å².